The largest absolute Gasteiger partial charge is 0.380 e. The van der Waals surface area contributed by atoms with Crippen molar-refractivity contribution in [1.82, 2.24) is 9.55 Å². The van der Waals surface area contributed by atoms with Gasteiger partial charge < -0.3 is 5.11 Å². The number of nitrogens with zero attached hydrogens (tertiary/aromatic N) is 2. The topological polar surface area (TPSA) is 38.0 Å². The third-order valence-corrected chi connectivity index (χ3v) is 3.38. The van der Waals surface area contributed by atoms with Crippen LogP contribution in [0.1, 0.15) is 56.5 Å². The van der Waals surface area contributed by atoms with Crippen molar-refractivity contribution in [3.8, 4) is 12.0 Å². The van der Waals surface area contributed by atoms with Gasteiger partial charge in [0, 0.05) is 24.9 Å². The molecule has 21 heavy (non-hydrogen) atoms. The van der Waals surface area contributed by atoms with E-state index in [0.29, 0.717) is 5.82 Å². The maximum atomic E-state index is 10.4. The highest BCUT2D eigenvalue weighted by molar-refractivity contribution is 5.24. The maximum absolute atomic E-state index is 10.4. The molecule has 3 heteroatoms. The Labute approximate surface area is 126 Å². The summed E-state index contributed by atoms with van der Waals surface area (Å²) in [7, 11) is 0. The van der Waals surface area contributed by atoms with Gasteiger partial charge >= 0.3 is 0 Å². The second-order valence-electron chi connectivity index (χ2n) is 5.07. The number of imidazole rings is 1. The molecule has 0 saturated carbocycles. The fraction of sp³-hybridized carbons (Fsp3) is 0.389. The van der Waals surface area contributed by atoms with Crippen LogP contribution < -0.4 is 0 Å². The van der Waals surface area contributed by atoms with Gasteiger partial charge in [-0.25, -0.2) is 4.98 Å². The van der Waals surface area contributed by atoms with E-state index in [1.165, 1.54) is 19.3 Å². The third-order valence-electron chi connectivity index (χ3n) is 3.38. The highest BCUT2D eigenvalue weighted by Crippen LogP contribution is 2.19. The van der Waals surface area contributed by atoms with Crippen molar-refractivity contribution in [1.29, 1.82) is 0 Å². The van der Waals surface area contributed by atoms with Crippen LogP contribution in [0, 0.1) is 12.0 Å². The quantitative estimate of drug-likeness (QED) is 0.647. The molecule has 3 nitrogen and oxygen atoms in total. The van der Waals surface area contributed by atoms with Gasteiger partial charge in [-0.1, -0.05) is 62.4 Å². The molecule has 2 rings (SSSR count). The first-order valence-corrected chi connectivity index (χ1v) is 7.58. The SMILES string of the molecule is CCCCCCC#Cn1ccnc1C(O)c1ccccc1. The molecular weight excluding hydrogens is 260 g/mol. The number of hydrogen-bond acceptors (Lipinski definition) is 2. The molecule has 0 aliphatic carbocycles. The molecule has 0 radical (unpaired) electrons. The molecule has 0 amide bonds. The van der Waals surface area contributed by atoms with E-state index in [4.69, 9.17) is 0 Å². The summed E-state index contributed by atoms with van der Waals surface area (Å²) in [6, 6.07) is 12.6. The molecule has 110 valence electrons. The van der Waals surface area contributed by atoms with E-state index < -0.39 is 6.10 Å². The fourth-order valence-electron chi connectivity index (χ4n) is 2.18. The molecule has 0 bridgehead atoms. The molecule has 1 aromatic carbocycles. The zero-order chi connectivity index (χ0) is 14.9. The van der Waals surface area contributed by atoms with Crippen LogP contribution in [0.15, 0.2) is 42.7 Å². The number of aliphatic hydroxyl groups is 1. The van der Waals surface area contributed by atoms with E-state index in [9.17, 15) is 5.11 Å². The molecule has 1 unspecified atom stereocenters. The van der Waals surface area contributed by atoms with Gasteiger partial charge in [0.2, 0.25) is 0 Å². The molecule has 0 fully saturated rings. The Kier molecular flexibility index (Phi) is 6.05. The van der Waals surface area contributed by atoms with Crippen LogP contribution >= 0.6 is 0 Å². The first-order chi connectivity index (χ1) is 10.3. The van der Waals surface area contributed by atoms with Crippen molar-refractivity contribution >= 4 is 0 Å². The van der Waals surface area contributed by atoms with Crippen LogP contribution in [0.2, 0.25) is 0 Å². The lowest BCUT2D eigenvalue weighted by Gasteiger charge is -2.09. The molecule has 0 spiro atoms. The van der Waals surface area contributed by atoms with Gasteiger partial charge in [-0.2, -0.15) is 0 Å². The lowest BCUT2D eigenvalue weighted by Crippen LogP contribution is -2.06. The van der Waals surface area contributed by atoms with Crippen molar-refractivity contribution in [2.75, 3.05) is 0 Å². The average Bonchev–Trinajstić information content (AvgIpc) is 2.99. The second-order valence-corrected chi connectivity index (χ2v) is 5.07. The van der Waals surface area contributed by atoms with E-state index in [0.717, 1.165) is 18.4 Å². The summed E-state index contributed by atoms with van der Waals surface area (Å²) in [5.41, 5.74) is 0.828. The van der Waals surface area contributed by atoms with Crippen LogP contribution in [0.25, 0.3) is 0 Å². The smallest absolute Gasteiger partial charge is 0.153 e. The van der Waals surface area contributed by atoms with Crippen molar-refractivity contribution in [2.24, 2.45) is 0 Å². The molecule has 1 aromatic heterocycles. The van der Waals surface area contributed by atoms with Gasteiger partial charge in [-0.3, -0.25) is 4.57 Å². The monoisotopic (exact) mass is 282 g/mol. The summed E-state index contributed by atoms with van der Waals surface area (Å²) >= 11 is 0. The minimum atomic E-state index is -0.740. The van der Waals surface area contributed by atoms with E-state index in [2.05, 4.69) is 23.9 Å². The molecule has 1 heterocycles. The van der Waals surface area contributed by atoms with E-state index >= 15 is 0 Å². The highest BCUT2D eigenvalue weighted by atomic mass is 16.3. The Hall–Kier alpha value is -2.05. The molecular formula is C18H22N2O. The van der Waals surface area contributed by atoms with Gasteiger partial charge in [-0.05, 0) is 12.0 Å². The Morgan fingerprint density at radius 3 is 2.76 bits per heavy atom. The first kappa shape index (κ1) is 15.3. The maximum Gasteiger partial charge on any atom is 0.153 e. The minimum absolute atomic E-state index is 0.572. The molecule has 2 aromatic rings. The van der Waals surface area contributed by atoms with Crippen LogP contribution in [0.4, 0.5) is 0 Å². The summed E-state index contributed by atoms with van der Waals surface area (Å²) in [6.45, 7) is 2.20. The highest BCUT2D eigenvalue weighted by Gasteiger charge is 2.14. The third kappa shape index (κ3) is 4.47. The number of hydrogen-bond donors (Lipinski definition) is 1. The second kappa shape index (κ2) is 8.28. The van der Waals surface area contributed by atoms with E-state index in [1.54, 1.807) is 17.0 Å². The normalized spacial score (nSPS) is 11.7. The predicted octanol–water partition coefficient (Wildman–Crippen LogP) is 3.74. The van der Waals surface area contributed by atoms with E-state index in [1.807, 2.05) is 30.3 Å². The predicted molar refractivity (Wildman–Crippen MR) is 84.7 cm³/mol. The summed E-state index contributed by atoms with van der Waals surface area (Å²) in [4.78, 5) is 4.23. The average molecular weight is 282 g/mol. The molecule has 0 saturated heterocycles. The molecule has 0 aliphatic heterocycles. The molecule has 0 aliphatic rings. The van der Waals surface area contributed by atoms with Crippen molar-refractivity contribution < 1.29 is 5.11 Å². The summed E-state index contributed by atoms with van der Waals surface area (Å²) in [5.74, 6) is 3.73. The molecule has 1 N–H and O–H groups in total. The standard InChI is InChI=1S/C18H22N2O/c1-2-3-4-5-6-10-14-20-15-13-19-18(20)17(21)16-11-8-7-9-12-16/h7-9,11-13,15,17,21H,2-6H2,1H3. The van der Waals surface area contributed by atoms with Gasteiger partial charge in [-0.15, -0.1) is 0 Å². The number of rotatable bonds is 6. The zero-order valence-electron chi connectivity index (χ0n) is 12.5. The van der Waals surface area contributed by atoms with Gasteiger partial charge in [0.05, 0.1) is 0 Å². The number of unbranched alkanes of at least 4 members (excludes halogenated alkanes) is 4. The Morgan fingerprint density at radius 2 is 2.00 bits per heavy atom. The van der Waals surface area contributed by atoms with Crippen molar-refractivity contribution in [2.45, 2.75) is 45.1 Å². The van der Waals surface area contributed by atoms with Crippen LogP contribution in [-0.2, 0) is 0 Å². The summed E-state index contributed by atoms with van der Waals surface area (Å²) in [6.07, 6.45) is 8.48. The number of aliphatic hydroxyl groups excluding tert-OH is 1. The van der Waals surface area contributed by atoms with Crippen molar-refractivity contribution in [3.05, 3.63) is 54.1 Å². The zero-order valence-corrected chi connectivity index (χ0v) is 12.5. The van der Waals surface area contributed by atoms with Gasteiger partial charge in [0.25, 0.3) is 0 Å². The first-order valence-electron chi connectivity index (χ1n) is 7.58. The number of benzene rings is 1. The summed E-state index contributed by atoms with van der Waals surface area (Å²) < 4.78 is 1.72. The summed E-state index contributed by atoms with van der Waals surface area (Å²) in [5, 5.41) is 10.4. The van der Waals surface area contributed by atoms with Gasteiger partial charge in [0.15, 0.2) is 5.82 Å². The Bertz CT molecular complexity index is 592. The lowest BCUT2D eigenvalue weighted by atomic mass is 10.1. The Morgan fingerprint density at radius 1 is 1.19 bits per heavy atom. The Balaban J connectivity index is 2.00. The van der Waals surface area contributed by atoms with Crippen LogP contribution in [0.3, 0.4) is 0 Å². The molecule has 1 atom stereocenters. The fourth-order valence-corrected chi connectivity index (χ4v) is 2.18. The lowest BCUT2D eigenvalue weighted by molar-refractivity contribution is 0.208. The number of aromatic nitrogens is 2. The van der Waals surface area contributed by atoms with Crippen LogP contribution in [0.5, 0.6) is 0 Å². The minimum Gasteiger partial charge on any atom is -0.380 e. The van der Waals surface area contributed by atoms with Crippen LogP contribution in [-0.4, -0.2) is 14.7 Å². The van der Waals surface area contributed by atoms with Gasteiger partial charge in [0.1, 0.15) is 6.10 Å². The van der Waals surface area contributed by atoms with E-state index in [-0.39, 0.29) is 0 Å². The van der Waals surface area contributed by atoms with Crippen molar-refractivity contribution in [3.63, 3.8) is 0 Å².